The van der Waals surface area contributed by atoms with Crippen molar-refractivity contribution in [3.63, 3.8) is 0 Å². The second kappa shape index (κ2) is 6.09. The van der Waals surface area contributed by atoms with Crippen LogP contribution in [0.25, 0.3) is 17.0 Å². The molecule has 1 aromatic carbocycles. The van der Waals surface area contributed by atoms with Crippen molar-refractivity contribution < 1.29 is 4.79 Å². The van der Waals surface area contributed by atoms with Gasteiger partial charge in [-0.25, -0.2) is 0 Å². The van der Waals surface area contributed by atoms with Gasteiger partial charge >= 0.3 is 0 Å². The molecular formula is C16H15N5O. The minimum absolute atomic E-state index is 0.155. The van der Waals surface area contributed by atoms with Crippen molar-refractivity contribution in [1.82, 2.24) is 20.5 Å². The highest BCUT2D eigenvalue weighted by Crippen LogP contribution is 2.19. The van der Waals surface area contributed by atoms with Crippen molar-refractivity contribution in [2.75, 3.05) is 5.73 Å². The molecule has 22 heavy (non-hydrogen) atoms. The first-order valence-corrected chi connectivity index (χ1v) is 6.81. The summed E-state index contributed by atoms with van der Waals surface area (Å²) >= 11 is 0. The second-order valence-corrected chi connectivity index (χ2v) is 4.82. The summed E-state index contributed by atoms with van der Waals surface area (Å²) < 4.78 is 0. The van der Waals surface area contributed by atoms with Gasteiger partial charge in [0.2, 0.25) is 5.91 Å². The highest BCUT2D eigenvalue weighted by atomic mass is 16.1. The number of aromatic nitrogens is 3. The largest absolute Gasteiger partial charge is 0.382 e. The van der Waals surface area contributed by atoms with E-state index in [4.69, 9.17) is 5.73 Å². The lowest BCUT2D eigenvalue weighted by atomic mass is 10.1. The highest BCUT2D eigenvalue weighted by Gasteiger charge is 2.02. The number of benzene rings is 1. The number of rotatable bonds is 4. The van der Waals surface area contributed by atoms with Crippen LogP contribution in [0.4, 0.5) is 5.82 Å². The summed E-state index contributed by atoms with van der Waals surface area (Å²) in [4.78, 5) is 15.7. The third kappa shape index (κ3) is 3.12. The van der Waals surface area contributed by atoms with Crippen LogP contribution in [0.5, 0.6) is 0 Å². The first-order chi connectivity index (χ1) is 10.7. The van der Waals surface area contributed by atoms with Crippen LogP contribution >= 0.6 is 0 Å². The van der Waals surface area contributed by atoms with Gasteiger partial charge < -0.3 is 11.1 Å². The summed E-state index contributed by atoms with van der Waals surface area (Å²) in [6.07, 6.45) is 6.64. The van der Waals surface area contributed by atoms with Gasteiger partial charge in [0.25, 0.3) is 0 Å². The normalized spacial score (nSPS) is 11.1. The molecule has 0 unspecified atom stereocenters. The number of pyridine rings is 1. The first-order valence-electron chi connectivity index (χ1n) is 6.81. The van der Waals surface area contributed by atoms with Gasteiger partial charge in [0.15, 0.2) is 5.82 Å². The van der Waals surface area contributed by atoms with E-state index in [0.717, 1.165) is 22.0 Å². The zero-order chi connectivity index (χ0) is 15.4. The van der Waals surface area contributed by atoms with Crippen molar-refractivity contribution in [1.29, 1.82) is 0 Å². The van der Waals surface area contributed by atoms with E-state index in [1.165, 1.54) is 6.08 Å². The quantitative estimate of drug-likeness (QED) is 0.640. The van der Waals surface area contributed by atoms with Gasteiger partial charge in [-0.1, -0.05) is 6.07 Å². The SMILES string of the molecule is Nc1n[nH]c2ccc(C=CC(=O)NCc3ccncc3)cc12. The molecule has 3 rings (SSSR count). The Morgan fingerprint density at radius 2 is 2.09 bits per heavy atom. The van der Waals surface area contributed by atoms with Crippen LogP contribution in [-0.2, 0) is 11.3 Å². The Balaban J connectivity index is 1.64. The number of nitrogens with zero attached hydrogens (tertiary/aromatic N) is 2. The molecule has 6 heteroatoms. The Hall–Kier alpha value is -3.15. The van der Waals surface area contributed by atoms with Crippen LogP contribution < -0.4 is 11.1 Å². The minimum Gasteiger partial charge on any atom is -0.382 e. The predicted molar refractivity (Wildman–Crippen MR) is 85.6 cm³/mol. The molecule has 2 aromatic heterocycles. The minimum atomic E-state index is -0.155. The lowest BCUT2D eigenvalue weighted by molar-refractivity contribution is -0.116. The van der Waals surface area contributed by atoms with Crippen LogP contribution in [-0.4, -0.2) is 21.1 Å². The molecule has 2 heterocycles. The number of aromatic amines is 1. The van der Waals surface area contributed by atoms with Gasteiger partial charge in [-0.3, -0.25) is 14.9 Å². The van der Waals surface area contributed by atoms with E-state index < -0.39 is 0 Å². The lowest BCUT2D eigenvalue weighted by Crippen LogP contribution is -2.20. The maximum absolute atomic E-state index is 11.8. The van der Waals surface area contributed by atoms with E-state index in [9.17, 15) is 4.79 Å². The van der Waals surface area contributed by atoms with Crippen LogP contribution in [0.15, 0.2) is 48.8 Å². The summed E-state index contributed by atoms with van der Waals surface area (Å²) in [7, 11) is 0. The molecule has 0 atom stereocenters. The molecule has 3 aromatic rings. The van der Waals surface area contributed by atoms with Crippen LogP contribution in [0.3, 0.4) is 0 Å². The fourth-order valence-corrected chi connectivity index (χ4v) is 2.08. The second-order valence-electron chi connectivity index (χ2n) is 4.82. The standard InChI is InChI=1S/C16H15N5O/c17-16-13-9-11(1-3-14(13)20-21-16)2-4-15(22)19-10-12-5-7-18-8-6-12/h1-9H,10H2,(H,19,22)(H3,17,20,21). The highest BCUT2D eigenvalue weighted by molar-refractivity contribution is 5.94. The molecule has 0 radical (unpaired) electrons. The Bertz CT molecular complexity index is 823. The maximum atomic E-state index is 11.8. The molecule has 0 spiro atoms. The van der Waals surface area contributed by atoms with Gasteiger partial charge in [-0.05, 0) is 41.5 Å². The number of carbonyl (C=O) groups is 1. The molecule has 0 bridgehead atoms. The molecule has 0 saturated carbocycles. The molecule has 0 saturated heterocycles. The van der Waals surface area contributed by atoms with Crippen LogP contribution in [0, 0.1) is 0 Å². The Labute approximate surface area is 127 Å². The number of hydrogen-bond donors (Lipinski definition) is 3. The molecule has 0 fully saturated rings. The summed E-state index contributed by atoms with van der Waals surface area (Å²) in [6.45, 7) is 0.472. The summed E-state index contributed by atoms with van der Waals surface area (Å²) in [5.41, 5.74) is 8.53. The number of H-pyrrole nitrogens is 1. The van der Waals surface area contributed by atoms with E-state index in [1.807, 2.05) is 30.3 Å². The number of nitrogens with one attached hydrogen (secondary N) is 2. The number of hydrogen-bond acceptors (Lipinski definition) is 4. The number of nitrogens with two attached hydrogens (primary N) is 1. The number of nitrogen functional groups attached to an aromatic ring is 1. The zero-order valence-electron chi connectivity index (χ0n) is 11.8. The fraction of sp³-hybridized carbons (Fsp3) is 0.0625. The Morgan fingerprint density at radius 3 is 2.91 bits per heavy atom. The van der Waals surface area contributed by atoms with Gasteiger partial charge in [-0.2, -0.15) is 5.10 Å². The summed E-state index contributed by atoms with van der Waals surface area (Å²) in [6, 6.07) is 9.39. The average molecular weight is 293 g/mol. The van der Waals surface area contributed by atoms with Crippen molar-refractivity contribution in [3.05, 3.63) is 59.9 Å². The smallest absolute Gasteiger partial charge is 0.244 e. The molecule has 6 nitrogen and oxygen atoms in total. The molecule has 0 aliphatic heterocycles. The van der Waals surface area contributed by atoms with Crippen molar-refractivity contribution in [3.8, 4) is 0 Å². The van der Waals surface area contributed by atoms with E-state index in [0.29, 0.717) is 12.4 Å². The Kier molecular flexibility index (Phi) is 3.82. The molecular weight excluding hydrogens is 278 g/mol. The van der Waals surface area contributed by atoms with Crippen molar-refractivity contribution >= 4 is 28.7 Å². The van der Waals surface area contributed by atoms with E-state index in [1.54, 1.807) is 18.5 Å². The number of anilines is 1. The van der Waals surface area contributed by atoms with Gasteiger partial charge in [0, 0.05) is 30.4 Å². The number of fused-ring (bicyclic) bond motifs is 1. The summed E-state index contributed by atoms with van der Waals surface area (Å²) in [5, 5.41) is 10.4. The van der Waals surface area contributed by atoms with Crippen LogP contribution in [0.2, 0.25) is 0 Å². The molecule has 0 aliphatic rings. The fourth-order valence-electron chi connectivity index (χ4n) is 2.08. The molecule has 4 N–H and O–H groups in total. The predicted octanol–water partition coefficient (Wildman–Crippen LogP) is 1.87. The maximum Gasteiger partial charge on any atom is 0.244 e. The monoisotopic (exact) mass is 293 g/mol. The summed E-state index contributed by atoms with van der Waals surface area (Å²) in [5.74, 6) is 0.296. The van der Waals surface area contributed by atoms with E-state index in [2.05, 4.69) is 20.5 Å². The van der Waals surface area contributed by atoms with Crippen molar-refractivity contribution in [2.24, 2.45) is 0 Å². The zero-order valence-corrected chi connectivity index (χ0v) is 11.8. The van der Waals surface area contributed by atoms with Crippen LogP contribution in [0.1, 0.15) is 11.1 Å². The van der Waals surface area contributed by atoms with Gasteiger partial charge in [0.05, 0.1) is 5.52 Å². The van der Waals surface area contributed by atoms with Gasteiger partial charge in [0.1, 0.15) is 0 Å². The number of carbonyl (C=O) groups excluding carboxylic acids is 1. The average Bonchev–Trinajstić information content (AvgIpc) is 2.93. The molecule has 1 amide bonds. The third-order valence-electron chi connectivity index (χ3n) is 3.26. The van der Waals surface area contributed by atoms with Crippen molar-refractivity contribution in [2.45, 2.75) is 6.54 Å². The first kappa shape index (κ1) is 13.8. The van der Waals surface area contributed by atoms with Gasteiger partial charge in [-0.15, -0.1) is 0 Å². The van der Waals surface area contributed by atoms with E-state index in [-0.39, 0.29) is 5.91 Å². The third-order valence-corrected chi connectivity index (χ3v) is 3.26. The topological polar surface area (TPSA) is 96.7 Å². The lowest BCUT2D eigenvalue weighted by Gasteiger charge is -2.01. The molecule has 0 aliphatic carbocycles. The number of amides is 1. The molecule has 110 valence electrons. The Morgan fingerprint density at radius 1 is 1.27 bits per heavy atom. The van der Waals surface area contributed by atoms with E-state index >= 15 is 0 Å².